The lowest BCUT2D eigenvalue weighted by molar-refractivity contribution is 0.0945. The minimum atomic E-state index is -3.57. The van der Waals surface area contributed by atoms with Crippen LogP contribution in [0.5, 0.6) is 0 Å². The van der Waals surface area contributed by atoms with Crippen LogP contribution in [0.1, 0.15) is 5.56 Å². The van der Waals surface area contributed by atoms with Crippen LogP contribution in [0.3, 0.4) is 0 Å². The number of hydrogen-bond donors (Lipinski definition) is 0. The normalized spacial score (nSPS) is 11.8. The summed E-state index contributed by atoms with van der Waals surface area (Å²) in [5, 5.41) is -4.04. The quantitative estimate of drug-likeness (QED) is 0.518. The maximum atomic E-state index is 12.4. The van der Waals surface area contributed by atoms with Crippen molar-refractivity contribution in [3.05, 3.63) is 28.8 Å². The third-order valence-corrected chi connectivity index (χ3v) is 1.61. The van der Waals surface area contributed by atoms with E-state index in [1.165, 1.54) is 0 Å². The molecule has 0 aliphatic rings. The number of halogens is 5. The summed E-state index contributed by atoms with van der Waals surface area (Å²) in [4.78, 5) is 2.98. The van der Waals surface area contributed by atoms with Gasteiger partial charge >= 0.3 is 5.38 Å². The third-order valence-electron chi connectivity index (χ3n) is 1.12. The maximum absolute atomic E-state index is 12.4. The molecule has 0 spiro atoms. The van der Waals surface area contributed by atoms with Gasteiger partial charge in [0.2, 0.25) is 5.95 Å². The van der Waals surface area contributed by atoms with Crippen molar-refractivity contribution in [1.82, 2.24) is 4.98 Å². The number of hydrogen-bond acceptors (Lipinski definition) is 1. The van der Waals surface area contributed by atoms with Crippen LogP contribution >= 0.6 is 23.2 Å². The molecule has 66 valence electrons. The Morgan fingerprint density at radius 1 is 1.42 bits per heavy atom. The van der Waals surface area contributed by atoms with Crippen molar-refractivity contribution in [2.24, 2.45) is 0 Å². The van der Waals surface area contributed by atoms with Crippen molar-refractivity contribution in [3.63, 3.8) is 0 Å². The molecule has 12 heavy (non-hydrogen) atoms. The first kappa shape index (κ1) is 9.61. The molecule has 0 amide bonds. The Hall–Kier alpha value is -0.480. The van der Waals surface area contributed by atoms with Crippen LogP contribution in [0.15, 0.2) is 12.3 Å². The fraction of sp³-hybridized carbons (Fsp3) is 0.167. The molecule has 0 aliphatic heterocycles. The number of rotatable bonds is 1. The van der Waals surface area contributed by atoms with Gasteiger partial charge in [-0.05, 0) is 17.7 Å². The minimum Gasteiger partial charge on any atom is -0.226 e. The molecule has 1 heterocycles. The Labute approximate surface area is 76.1 Å². The zero-order valence-electron chi connectivity index (χ0n) is 5.49. The topological polar surface area (TPSA) is 12.9 Å². The van der Waals surface area contributed by atoms with Gasteiger partial charge in [0, 0.05) is 6.20 Å². The number of nitrogens with zero attached hydrogens (tertiary/aromatic N) is 1. The summed E-state index contributed by atoms with van der Waals surface area (Å²) < 4.78 is 37.0. The fourth-order valence-corrected chi connectivity index (χ4v) is 0.846. The lowest BCUT2D eigenvalue weighted by Crippen LogP contribution is -2.04. The molecule has 0 saturated heterocycles. The summed E-state index contributed by atoms with van der Waals surface area (Å²) in [6.07, 6.45) is 0.633. The van der Waals surface area contributed by atoms with Crippen LogP contribution < -0.4 is 0 Å². The molecule has 0 N–H and O–H groups in total. The molecule has 0 bridgehead atoms. The number of aromatic nitrogens is 1. The summed E-state index contributed by atoms with van der Waals surface area (Å²) in [5.74, 6) is -0.999. The van der Waals surface area contributed by atoms with Crippen LogP contribution in [0.25, 0.3) is 0 Å². The second-order valence-corrected chi connectivity index (χ2v) is 2.88. The SMILES string of the molecule is Fc1ncc(C(F)(F)Cl)cc1Cl. The molecule has 1 rings (SSSR count). The highest BCUT2D eigenvalue weighted by Crippen LogP contribution is 2.33. The number of alkyl halides is 3. The molecule has 6 heteroatoms. The smallest absolute Gasteiger partial charge is 0.226 e. The molecule has 1 nitrogen and oxygen atoms in total. The Morgan fingerprint density at radius 3 is 2.42 bits per heavy atom. The van der Waals surface area contributed by atoms with Gasteiger partial charge in [-0.3, -0.25) is 0 Å². The van der Waals surface area contributed by atoms with Crippen molar-refractivity contribution in [1.29, 1.82) is 0 Å². The molecule has 0 fully saturated rings. The van der Waals surface area contributed by atoms with E-state index in [1.807, 2.05) is 0 Å². The van der Waals surface area contributed by atoms with E-state index in [0.717, 1.165) is 6.07 Å². The lowest BCUT2D eigenvalue weighted by Gasteiger charge is -2.06. The highest BCUT2D eigenvalue weighted by Gasteiger charge is 2.28. The van der Waals surface area contributed by atoms with Gasteiger partial charge in [-0.15, -0.1) is 0 Å². The van der Waals surface area contributed by atoms with E-state index in [1.54, 1.807) is 0 Å². The Kier molecular flexibility index (Phi) is 2.49. The number of pyridine rings is 1. The second-order valence-electron chi connectivity index (χ2n) is 1.99. The summed E-state index contributed by atoms with van der Waals surface area (Å²) in [6.45, 7) is 0. The van der Waals surface area contributed by atoms with E-state index in [0.29, 0.717) is 6.20 Å². The van der Waals surface area contributed by atoms with Crippen molar-refractivity contribution in [2.75, 3.05) is 0 Å². The zero-order valence-corrected chi connectivity index (χ0v) is 7.00. The lowest BCUT2D eigenvalue weighted by atomic mass is 10.3. The first-order chi connectivity index (χ1) is 5.41. The van der Waals surface area contributed by atoms with Gasteiger partial charge < -0.3 is 0 Å². The highest BCUT2D eigenvalue weighted by atomic mass is 35.5. The predicted molar refractivity (Wildman–Crippen MR) is 39.0 cm³/mol. The van der Waals surface area contributed by atoms with E-state index in [9.17, 15) is 13.2 Å². The van der Waals surface area contributed by atoms with Crippen LogP contribution in [0.4, 0.5) is 13.2 Å². The highest BCUT2D eigenvalue weighted by molar-refractivity contribution is 6.30. The van der Waals surface area contributed by atoms with Crippen molar-refractivity contribution >= 4 is 23.2 Å². The zero-order chi connectivity index (χ0) is 9.35. The first-order valence-electron chi connectivity index (χ1n) is 2.79. The van der Waals surface area contributed by atoms with Gasteiger partial charge in [0.1, 0.15) is 0 Å². The molecule has 0 atom stereocenters. The second kappa shape index (κ2) is 3.11. The van der Waals surface area contributed by atoms with Crippen LogP contribution in [0, 0.1) is 5.95 Å². The molecule has 0 radical (unpaired) electrons. The van der Waals surface area contributed by atoms with E-state index < -0.39 is 21.9 Å². The van der Waals surface area contributed by atoms with Gasteiger partial charge in [0.05, 0.1) is 10.6 Å². The summed E-state index contributed by atoms with van der Waals surface area (Å²) in [6, 6.07) is 0.733. The molecular weight excluding hydrogens is 214 g/mol. The van der Waals surface area contributed by atoms with E-state index >= 15 is 0 Å². The van der Waals surface area contributed by atoms with Gasteiger partial charge in [0.15, 0.2) is 0 Å². The van der Waals surface area contributed by atoms with E-state index in [2.05, 4.69) is 16.6 Å². The molecule has 1 aromatic heterocycles. The summed E-state index contributed by atoms with van der Waals surface area (Å²) >= 11 is 9.82. The molecule has 0 unspecified atom stereocenters. The standard InChI is InChI=1S/C6H2Cl2F3N/c7-4-1-3(6(8,10)11)2-12-5(4)9/h1-2H. The molecule has 0 aliphatic carbocycles. The van der Waals surface area contributed by atoms with Gasteiger partial charge in [-0.25, -0.2) is 4.98 Å². The van der Waals surface area contributed by atoms with Crippen molar-refractivity contribution in [2.45, 2.75) is 5.38 Å². The minimum absolute atomic E-state index is 0.479. The Balaban J connectivity index is 3.14. The third kappa shape index (κ3) is 2.01. The summed E-state index contributed by atoms with van der Waals surface area (Å²) in [5.41, 5.74) is -0.629. The molecule has 1 aromatic rings. The van der Waals surface area contributed by atoms with Gasteiger partial charge in [-0.1, -0.05) is 11.6 Å². The Morgan fingerprint density at radius 2 is 2.00 bits per heavy atom. The maximum Gasteiger partial charge on any atom is 0.349 e. The average Bonchev–Trinajstić information content (AvgIpc) is 1.92. The summed E-state index contributed by atoms with van der Waals surface area (Å²) in [7, 11) is 0. The van der Waals surface area contributed by atoms with Gasteiger partial charge in [0.25, 0.3) is 0 Å². The average molecular weight is 216 g/mol. The van der Waals surface area contributed by atoms with E-state index in [-0.39, 0.29) is 0 Å². The first-order valence-corrected chi connectivity index (χ1v) is 3.55. The molecule has 0 aromatic carbocycles. The molecule has 0 saturated carbocycles. The van der Waals surface area contributed by atoms with Gasteiger partial charge in [-0.2, -0.15) is 13.2 Å². The van der Waals surface area contributed by atoms with E-state index in [4.69, 9.17) is 11.6 Å². The molecular formula is C6H2Cl2F3N. The Bertz CT molecular complexity index is 297. The van der Waals surface area contributed by atoms with Crippen LogP contribution in [-0.4, -0.2) is 4.98 Å². The largest absolute Gasteiger partial charge is 0.349 e. The van der Waals surface area contributed by atoms with Crippen LogP contribution in [-0.2, 0) is 5.38 Å². The monoisotopic (exact) mass is 215 g/mol. The fourth-order valence-electron chi connectivity index (χ4n) is 0.576. The predicted octanol–water partition coefficient (Wildman–Crippen LogP) is 3.16. The van der Waals surface area contributed by atoms with Crippen molar-refractivity contribution < 1.29 is 13.2 Å². The van der Waals surface area contributed by atoms with Crippen molar-refractivity contribution in [3.8, 4) is 0 Å². The van der Waals surface area contributed by atoms with Crippen LogP contribution in [0.2, 0.25) is 5.02 Å².